The van der Waals surface area contributed by atoms with E-state index in [0.29, 0.717) is 17.3 Å². The van der Waals surface area contributed by atoms with Crippen LogP contribution in [0.2, 0.25) is 5.02 Å². The van der Waals surface area contributed by atoms with Crippen molar-refractivity contribution >= 4 is 11.6 Å². The monoisotopic (exact) mass is 383 g/mol. The third kappa shape index (κ3) is 4.33. The number of alkyl halides is 2. The van der Waals surface area contributed by atoms with E-state index in [1.165, 1.54) is 30.1 Å². The number of benzene rings is 1. The van der Waals surface area contributed by atoms with Gasteiger partial charge in [-0.25, -0.2) is 9.67 Å². The van der Waals surface area contributed by atoms with Crippen molar-refractivity contribution in [2.75, 3.05) is 7.11 Å². The van der Waals surface area contributed by atoms with Crippen LogP contribution in [0.25, 0.3) is 5.69 Å². The second-order valence-corrected chi connectivity index (χ2v) is 5.23. The van der Waals surface area contributed by atoms with Crippen LogP contribution in [0.4, 0.5) is 8.78 Å². The Bertz CT molecular complexity index is 893. The average molecular weight is 384 g/mol. The Morgan fingerprint density at radius 1 is 1.27 bits per heavy atom. The van der Waals surface area contributed by atoms with Gasteiger partial charge in [-0.15, -0.1) is 5.10 Å². The van der Waals surface area contributed by atoms with E-state index in [0.717, 1.165) is 0 Å². The van der Waals surface area contributed by atoms with Crippen LogP contribution in [0.5, 0.6) is 17.6 Å². The minimum atomic E-state index is -2.98. The molecule has 2 aromatic heterocycles. The lowest BCUT2D eigenvalue weighted by atomic mass is 10.3. The van der Waals surface area contributed by atoms with Gasteiger partial charge in [0.2, 0.25) is 5.88 Å². The summed E-state index contributed by atoms with van der Waals surface area (Å²) in [5.41, 5.74) is 0.946. The maximum atomic E-state index is 12.4. The van der Waals surface area contributed by atoms with Gasteiger partial charge < -0.3 is 14.2 Å². The van der Waals surface area contributed by atoms with Crippen LogP contribution in [-0.2, 0) is 6.61 Å². The second-order valence-electron chi connectivity index (χ2n) is 4.82. The summed E-state index contributed by atoms with van der Waals surface area (Å²) in [6.45, 7) is -2.89. The van der Waals surface area contributed by atoms with Gasteiger partial charge in [-0.2, -0.15) is 13.8 Å². The molecule has 0 aliphatic carbocycles. The van der Waals surface area contributed by atoms with Crippen LogP contribution in [0.15, 0.2) is 36.7 Å². The first-order valence-corrected chi connectivity index (χ1v) is 7.59. The summed E-state index contributed by atoms with van der Waals surface area (Å²) in [4.78, 5) is 7.88. The molecule has 11 heteroatoms. The van der Waals surface area contributed by atoms with Gasteiger partial charge in [0, 0.05) is 18.3 Å². The Morgan fingerprint density at radius 2 is 2.12 bits per heavy atom. The van der Waals surface area contributed by atoms with E-state index in [9.17, 15) is 8.78 Å². The number of aromatic nitrogens is 5. The molecule has 0 unspecified atom stereocenters. The normalized spacial score (nSPS) is 10.8. The number of rotatable bonds is 7. The molecule has 0 bridgehead atoms. The highest BCUT2D eigenvalue weighted by atomic mass is 35.5. The Balaban J connectivity index is 1.71. The Morgan fingerprint density at radius 3 is 2.88 bits per heavy atom. The highest BCUT2D eigenvalue weighted by molar-refractivity contribution is 6.32. The first-order valence-electron chi connectivity index (χ1n) is 7.21. The Kier molecular flexibility index (Phi) is 5.42. The third-order valence-electron chi connectivity index (χ3n) is 3.09. The van der Waals surface area contributed by atoms with Crippen molar-refractivity contribution in [1.82, 2.24) is 25.0 Å². The SMILES string of the molecule is COc1nccc(OCc2cn(-c3ccc(Cl)c(OC(F)F)c3)nn2)n1. The highest BCUT2D eigenvalue weighted by Crippen LogP contribution is 2.28. The third-order valence-corrected chi connectivity index (χ3v) is 3.41. The van der Waals surface area contributed by atoms with Crippen molar-refractivity contribution < 1.29 is 23.0 Å². The molecule has 0 radical (unpaired) electrons. The first kappa shape index (κ1) is 17.8. The van der Waals surface area contributed by atoms with Crippen LogP contribution in [-0.4, -0.2) is 38.7 Å². The molecule has 0 saturated heterocycles. The molecule has 3 rings (SSSR count). The van der Waals surface area contributed by atoms with Gasteiger partial charge in [0.1, 0.15) is 18.1 Å². The maximum absolute atomic E-state index is 12.4. The van der Waals surface area contributed by atoms with Crippen LogP contribution in [0.1, 0.15) is 5.69 Å². The second kappa shape index (κ2) is 7.91. The van der Waals surface area contributed by atoms with Gasteiger partial charge in [0.25, 0.3) is 0 Å². The van der Waals surface area contributed by atoms with E-state index in [1.807, 2.05) is 0 Å². The van der Waals surface area contributed by atoms with E-state index in [2.05, 4.69) is 25.0 Å². The molecule has 0 saturated carbocycles. The molecule has 0 aliphatic rings. The molecule has 0 aliphatic heterocycles. The minimum Gasteiger partial charge on any atom is -0.471 e. The zero-order valence-electron chi connectivity index (χ0n) is 13.3. The molecule has 0 amide bonds. The van der Waals surface area contributed by atoms with Crippen molar-refractivity contribution in [2.45, 2.75) is 13.2 Å². The van der Waals surface area contributed by atoms with Gasteiger partial charge in [-0.05, 0) is 12.1 Å². The summed E-state index contributed by atoms with van der Waals surface area (Å²) in [7, 11) is 1.45. The lowest BCUT2D eigenvalue weighted by Gasteiger charge is -2.08. The van der Waals surface area contributed by atoms with E-state index in [4.69, 9.17) is 21.1 Å². The molecule has 136 valence electrons. The van der Waals surface area contributed by atoms with E-state index >= 15 is 0 Å². The molecular formula is C15H12ClF2N5O3. The zero-order valence-corrected chi connectivity index (χ0v) is 14.1. The molecule has 0 atom stereocenters. The van der Waals surface area contributed by atoms with Gasteiger partial charge in [-0.1, -0.05) is 16.8 Å². The number of halogens is 3. The molecule has 1 aromatic carbocycles. The van der Waals surface area contributed by atoms with Crippen molar-refractivity contribution in [3.05, 3.63) is 47.4 Å². The number of nitrogens with zero attached hydrogens (tertiary/aromatic N) is 5. The Hall–Kier alpha value is -3.01. The fourth-order valence-corrected chi connectivity index (χ4v) is 2.13. The summed E-state index contributed by atoms with van der Waals surface area (Å²) in [6.07, 6.45) is 3.07. The van der Waals surface area contributed by atoms with E-state index in [1.54, 1.807) is 18.3 Å². The van der Waals surface area contributed by atoms with Crippen LogP contribution >= 0.6 is 11.6 Å². The topological polar surface area (TPSA) is 84.2 Å². The highest BCUT2D eigenvalue weighted by Gasteiger charge is 2.12. The number of ether oxygens (including phenoxy) is 3. The van der Waals surface area contributed by atoms with Crippen molar-refractivity contribution in [3.8, 4) is 23.3 Å². The number of hydrogen-bond donors (Lipinski definition) is 0. The summed E-state index contributed by atoms with van der Waals surface area (Å²) >= 11 is 5.83. The number of methoxy groups -OCH3 is 1. The van der Waals surface area contributed by atoms with Crippen LogP contribution < -0.4 is 14.2 Å². The largest absolute Gasteiger partial charge is 0.471 e. The van der Waals surface area contributed by atoms with Gasteiger partial charge in [0.15, 0.2) is 0 Å². The van der Waals surface area contributed by atoms with Crippen LogP contribution in [0.3, 0.4) is 0 Å². The zero-order chi connectivity index (χ0) is 18.5. The van der Waals surface area contributed by atoms with Gasteiger partial charge in [0.05, 0.1) is 24.0 Å². The maximum Gasteiger partial charge on any atom is 0.387 e. The number of hydrogen-bond acceptors (Lipinski definition) is 7. The predicted molar refractivity (Wildman–Crippen MR) is 85.9 cm³/mol. The van der Waals surface area contributed by atoms with Crippen molar-refractivity contribution in [1.29, 1.82) is 0 Å². The summed E-state index contributed by atoms with van der Waals surface area (Å²) in [5.74, 6) is 0.158. The lowest BCUT2D eigenvalue weighted by Crippen LogP contribution is -2.03. The predicted octanol–water partition coefficient (Wildman–Crippen LogP) is 2.90. The summed E-state index contributed by atoms with van der Waals surface area (Å²) in [5, 5.41) is 7.95. The van der Waals surface area contributed by atoms with Gasteiger partial charge >= 0.3 is 12.6 Å². The van der Waals surface area contributed by atoms with Gasteiger partial charge in [-0.3, -0.25) is 0 Å². The summed E-state index contributed by atoms with van der Waals surface area (Å²) in [6, 6.07) is 6.11. The smallest absolute Gasteiger partial charge is 0.387 e. The average Bonchev–Trinajstić information content (AvgIpc) is 3.10. The molecule has 2 heterocycles. The van der Waals surface area contributed by atoms with Crippen LogP contribution in [0, 0.1) is 0 Å². The molecule has 26 heavy (non-hydrogen) atoms. The van der Waals surface area contributed by atoms with Crippen molar-refractivity contribution in [2.24, 2.45) is 0 Å². The fourth-order valence-electron chi connectivity index (χ4n) is 1.96. The first-order chi connectivity index (χ1) is 12.5. The standard InChI is InChI=1S/C15H12ClF2N5O3/c1-24-15-19-5-4-13(20-15)25-8-9-7-23(22-21-9)10-2-3-11(16)12(6-10)26-14(17)18/h2-7,14H,8H2,1H3. The molecule has 8 nitrogen and oxygen atoms in total. The molecular weight excluding hydrogens is 372 g/mol. The van der Waals surface area contributed by atoms with E-state index in [-0.39, 0.29) is 23.4 Å². The minimum absolute atomic E-state index is 0.0652. The molecule has 0 spiro atoms. The lowest BCUT2D eigenvalue weighted by molar-refractivity contribution is -0.0497. The molecule has 0 N–H and O–H groups in total. The molecule has 0 fully saturated rings. The molecule has 3 aromatic rings. The Labute approximate surface area is 151 Å². The van der Waals surface area contributed by atoms with Crippen molar-refractivity contribution in [3.63, 3.8) is 0 Å². The van der Waals surface area contributed by atoms with E-state index < -0.39 is 6.61 Å². The fraction of sp³-hybridized carbons (Fsp3) is 0.200. The quantitative estimate of drug-likeness (QED) is 0.620. The summed E-state index contributed by atoms with van der Waals surface area (Å²) < 4.78 is 40.9.